The van der Waals surface area contributed by atoms with Gasteiger partial charge in [0.1, 0.15) is 5.69 Å². The Morgan fingerprint density at radius 3 is 2.68 bits per heavy atom. The van der Waals surface area contributed by atoms with Crippen LogP contribution in [0.5, 0.6) is 0 Å². The minimum absolute atomic E-state index is 0.263. The van der Waals surface area contributed by atoms with Crippen molar-refractivity contribution >= 4 is 12.0 Å². The predicted molar refractivity (Wildman–Crippen MR) is 81.5 cm³/mol. The van der Waals surface area contributed by atoms with Gasteiger partial charge in [-0.15, -0.1) is 10.6 Å². The number of rotatable bonds is 4. The third kappa shape index (κ3) is 3.88. The molecule has 0 radical (unpaired) electrons. The Labute approximate surface area is 130 Å². The van der Waals surface area contributed by atoms with Gasteiger partial charge in [-0.2, -0.15) is 5.10 Å². The molecular formula is C13H24N6O3. The lowest BCUT2D eigenvalue weighted by Crippen LogP contribution is -2.49. The normalized spacial score (nSPS) is 14.5. The molecule has 22 heavy (non-hydrogen) atoms. The van der Waals surface area contributed by atoms with Gasteiger partial charge in [-0.05, 0) is 26.3 Å². The molecule has 124 valence electrons. The Balaban J connectivity index is 0.00000116. The van der Waals surface area contributed by atoms with Crippen molar-refractivity contribution in [1.29, 1.82) is 0 Å². The predicted octanol–water partition coefficient (Wildman–Crippen LogP) is 1.26. The van der Waals surface area contributed by atoms with E-state index >= 15 is 0 Å². The fourth-order valence-electron chi connectivity index (χ4n) is 1.88. The van der Waals surface area contributed by atoms with Crippen LogP contribution in [0.2, 0.25) is 0 Å². The van der Waals surface area contributed by atoms with Gasteiger partial charge in [-0.3, -0.25) is 4.68 Å². The summed E-state index contributed by atoms with van der Waals surface area (Å²) in [5.74, 6) is 0.583. The van der Waals surface area contributed by atoms with E-state index in [9.17, 15) is 4.79 Å². The van der Waals surface area contributed by atoms with Gasteiger partial charge < -0.3 is 9.47 Å². The van der Waals surface area contributed by atoms with Gasteiger partial charge in [-0.1, -0.05) is 13.8 Å². The molecule has 2 rings (SSSR count). The zero-order valence-corrected chi connectivity index (χ0v) is 13.9. The molecule has 0 saturated carbocycles. The summed E-state index contributed by atoms with van der Waals surface area (Å²) in [6, 6.07) is 0. The molecule has 1 unspecified atom stereocenters. The average Bonchev–Trinajstić information content (AvgIpc) is 3.08. The average molecular weight is 312 g/mol. The van der Waals surface area contributed by atoms with Gasteiger partial charge in [0, 0.05) is 7.05 Å². The Morgan fingerprint density at radius 1 is 1.45 bits per heavy atom. The van der Waals surface area contributed by atoms with Crippen molar-refractivity contribution in [2.75, 3.05) is 6.61 Å². The van der Waals surface area contributed by atoms with Crippen LogP contribution in [0.4, 0.5) is 4.79 Å². The zero-order chi connectivity index (χ0) is 16.7. The lowest BCUT2D eigenvalue weighted by atomic mass is 10.2. The topological polar surface area (TPSA) is 93.0 Å². The van der Waals surface area contributed by atoms with Gasteiger partial charge in [-0.25, -0.2) is 15.3 Å². The lowest BCUT2D eigenvalue weighted by molar-refractivity contribution is -0.0271. The maximum absolute atomic E-state index is 11.4. The molecule has 0 aliphatic carbocycles. The molecule has 0 bridgehead atoms. The fourth-order valence-corrected chi connectivity index (χ4v) is 1.88. The van der Waals surface area contributed by atoms with E-state index in [1.54, 1.807) is 29.7 Å². The van der Waals surface area contributed by atoms with Crippen LogP contribution in [-0.4, -0.2) is 39.6 Å². The summed E-state index contributed by atoms with van der Waals surface area (Å²) >= 11 is 0. The zero-order valence-electron chi connectivity index (χ0n) is 13.9. The third-order valence-corrected chi connectivity index (χ3v) is 2.79. The first-order chi connectivity index (χ1) is 10.5. The molecule has 9 nitrogen and oxygen atoms in total. The molecule has 2 N–H and O–H groups in total. The maximum Gasteiger partial charge on any atom is 0.510 e. The monoisotopic (exact) mass is 312 g/mol. The van der Waals surface area contributed by atoms with Crippen molar-refractivity contribution in [2.45, 2.75) is 40.8 Å². The highest BCUT2D eigenvalue weighted by atomic mass is 16.7. The fraction of sp³-hybridized carbons (Fsp3) is 0.615. The van der Waals surface area contributed by atoms with Crippen molar-refractivity contribution in [2.24, 2.45) is 12.1 Å². The third-order valence-electron chi connectivity index (χ3n) is 2.79. The quantitative estimate of drug-likeness (QED) is 0.808. The summed E-state index contributed by atoms with van der Waals surface area (Å²) in [5.41, 5.74) is 7.23. The first-order valence-electron chi connectivity index (χ1n) is 7.24. The highest BCUT2D eigenvalue weighted by Crippen LogP contribution is 2.14. The molecule has 2 heterocycles. The number of hydrazine groups is 2. The number of carbonyl (C=O) groups excluding carboxylic acids is 1. The molecule has 0 fully saturated rings. The summed E-state index contributed by atoms with van der Waals surface area (Å²) in [6.45, 7) is 9.61. The SMILES string of the molecule is CC.CCOC(=O)OC(C)N1NNN=C1c1c(C)cnn1C. The summed E-state index contributed by atoms with van der Waals surface area (Å²) in [4.78, 5) is 11.4. The Hall–Kier alpha value is -2.29. The second-order valence-corrected chi connectivity index (χ2v) is 4.23. The number of amidine groups is 1. The minimum atomic E-state index is -0.727. The summed E-state index contributed by atoms with van der Waals surface area (Å²) < 4.78 is 11.6. The molecular weight excluding hydrogens is 288 g/mol. The van der Waals surface area contributed by atoms with Crippen molar-refractivity contribution in [3.05, 3.63) is 17.5 Å². The molecule has 1 aliphatic rings. The molecule has 1 atom stereocenters. The van der Waals surface area contributed by atoms with E-state index in [0.29, 0.717) is 5.84 Å². The number of hydrogen-bond donors (Lipinski definition) is 2. The van der Waals surface area contributed by atoms with E-state index in [4.69, 9.17) is 9.47 Å². The van der Waals surface area contributed by atoms with E-state index in [0.717, 1.165) is 11.3 Å². The van der Waals surface area contributed by atoms with E-state index in [-0.39, 0.29) is 6.61 Å². The molecule has 9 heteroatoms. The Morgan fingerprint density at radius 2 is 2.14 bits per heavy atom. The van der Waals surface area contributed by atoms with Gasteiger partial charge >= 0.3 is 6.16 Å². The number of aryl methyl sites for hydroxylation is 2. The van der Waals surface area contributed by atoms with Crippen LogP contribution in [0, 0.1) is 6.92 Å². The van der Waals surface area contributed by atoms with Gasteiger partial charge in [0.25, 0.3) is 0 Å². The Bertz CT molecular complexity index is 508. The van der Waals surface area contributed by atoms with Crippen LogP contribution in [0.1, 0.15) is 39.0 Å². The van der Waals surface area contributed by atoms with Crippen LogP contribution in [0.25, 0.3) is 0 Å². The molecule has 1 aromatic rings. The van der Waals surface area contributed by atoms with Crippen LogP contribution in [0.3, 0.4) is 0 Å². The highest BCUT2D eigenvalue weighted by molar-refractivity contribution is 5.98. The van der Waals surface area contributed by atoms with Gasteiger partial charge in [0.15, 0.2) is 12.1 Å². The van der Waals surface area contributed by atoms with Gasteiger partial charge in [0.2, 0.25) is 0 Å². The number of ether oxygens (including phenoxy) is 2. The lowest BCUT2D eigenvalue weighted by Gasteiger charge is -2.25. The maximum atomic E-state index is 11.4. The second-order valence-electron chi connectivity index (χ2n) is 4.23. The molecule has 0 spiro atoms. The van der Waals surface area contributed by atoms with Crippen LogP contribution in [-0.2, 0) is 16.5 Å². The van der Waals surface area contributed by atoms with Gasteiger partial charge in [0.05, 0.1) is 12.8 Å². The molecule has 0 amide bonds. The number of hydrogen-bond acceptors (Lipinski definition) is 8. The summed E-state index contributed by atoms with van der Waals surface area (Å²) in [5, 5.41) is 9.89. The number of aromatic nitrogens is 2. The molecule has 0 aromatic carbocycles. The summed E-state index contributed by atoms with van der Waals surface area (Å²) in [6.07, 6.45) is 0.414. The van der Waals surface area contributed by atoms with Crippen molar-refractivity contribution in [1.82, 2.24) is 25.9 Å². The minimum Gasteiger partial charge on any atom is -0.435 e. The smallest absolute Gasteiger partial charge is 0.435 e. The first-order valence-corrected chi connectivity index (χ1v) is 7.24. The molecule has 0 saturated heterocycles. The largest absolute Gasteiger partial charge is 0.510 e. The van der Waals surface area contributed by atoms with Crippen molar-refractivity contribution in [3.63, 3.8) is 0 Å². The standard InChI is InChI=1S/C11H18N6O3.C2H6/c1-5-19-11(18)20-8(3)17-10(13-14-15-17)9-7(2)6-12-16(9)4;1-2/h6,8,14-15H,5H2,1-4H3;1-2H3. The van der Waals surface area contributed by atoms with E-state index < -0.39 is 12.4 Å². The van der Waals surface area contributed by atoms with Crippen molar-refractivity contribution in [3.8, 4) is 0 Å². The van der Waals surface area contributed by atoms with Crippen molar-refractivity contribution < 1.29 is 14.3 Å². The number of nitrogens with one attached hydrogen (secondary N) is 2. The first kappa shape index (κ1) is 17.8. The van der Waals surface area contributed by atoms with E-state index in [1.165, 1.54) is 0 Å². The molecule has 1 aliphatic heterocycles. The van der Waals surface area contributed by atoms with E-state index in [1.807, 2.05) is 27.8 Å². The second kappa shape index (κ2) is 8.23. The Kier molecular flexibility index (Phi) is 6.64. The van der Waals surface area contributed by atoms with Crippen LogP contribution >= 0.6 is 0 Å². The van der Waals surface area contributed by atoms with Crippen LogP contribution in [0.15, 0.2) is 11.3 Å². The summed E-state index contributed by atoms with van der Waals surface area (Å²) in [7, 11) is 1.82. The number of nitrogens with zero attached hydrogens (tertiary/aromatic N) is 4. The van der Waals surface area contributed by atoms with Crippen LogP contribution < -0.4 is 11.1 Å². The molecule has 1 aromatic heterocycles. The van der Waals surface area contributed by atoms with E-state index in [2.05, 4.69) is 21.3 Å². The highest BCUT2D eigenvalue weighted by Gasteiger charge is 2.29. The number of hydrazone groups is 1. The number of carbonyl (C=O) groups is 1.